The van der Waals surface area contributed by atoms with Gasteiger partial charge in [0, 0.05) is 0 Å². The monoisotopic (exact) mass is 143 g/mol. The van der Waals surface area contributed by atoms with Crippen LogP contribution < -0.4 is 5.73 Å². The van der Waals surface area contributed by atoms with Crippen LogP contribution in [0.3, 0.4) is 0 Å². The van der Waals surface area contributed by atoms with E-state index < -0.39 is 17.3 Å². The van der Waals surface area contributed by atoms with Crippen molar-refractivity contribution < 1.29 is 8.78 Å². The first-order valence-electron chi connectivity index (χ1n) is 2.82. The third kappa shape index (κ3) is 1.07. The highest BCUT2D eigenvalue weighted by Gasteiger charge is 2.03. The fraction of sp³-hybridized carbons (Fsp3) is 0.143. The molecule has 0 fully saturated rings. The molecule has 0 aliphatic rings. The number of nitrogen functional groups attached to an aromatic ring is 1. The summed E-state index contributed by atoms with van der Waals surface area (Å²) in [6.45, 7) is 1.60. The minimum Gasteiger partial charge on any atom is -0.394 e. The molecule has 0 aliphatic carbocycles. The molecule has 0 amide bonds. The van der Waals surface area contributed by atoms with Crippen LogP contribution in [0.1, 0.15) is 5.56 Å². The Morgan fingerprint density at radius 3 is 2.00 bits per heavy atom. The normalized spacial score (nSPS) is 9.90. The van der Waals surface area contributed by atoms with E-state index in [0.717, 1.165) is 0 Å². The van der Waals surface area contributed by atoms with E-state index in [2.05, 4.69) is 0 Å². The second kappa shape index (κ2) is 2.25. The molecule has 2 N–H and O–H groups in total. The van der Waals surface area contributed by atoms with E-state index in [-0.39, 0.29) is 0 Å². The summed E-state index contributed by atoms with van der Waals surface area (Å²) in [5.41, 5.74) is 5.12. The standard InChI is InChI=1S/C7H7F2N/c1-4-2-5(8)7(10)6(9)3-4/h2-3H,10H2,1H3. The van der Waals surface area contributed by atoms with Gasteiger partial charge >= 0.3 is 0 Å². The SMILES string of the molecule is Cc1cc(F)c(N)c(F)c1. The Kier molecular flexibility index (Phi) is 1.57. The summed E-state index contributed by atoms with van der Waals surface area (Å²) in [5.74, 6) is -1.39. The van der Waals surface area contributed by atoms with Crippen molar-refractivity contribution in [2.24, 2.45) is 0 Å². The Morgan fingerprint density at radius 2 is 1.60 bits per heavy atom. The lowest BCUT2D eigenvalue weighted by molar-refractivity contribution is 0.590. The summed E-state index contributed by atoms with van der Waals surface area (Å²) in [6, 6.07) is 2.39. The maximum absolute atomic E-state index is 12.5. The predicted molar refractivity (Wildman–Crippen MR) is 35.5 cm³/mol. The van der Waals surface area contributed by atoms with Crippen LogP contribution in [-0.2, 0) is 0 Å². The van der Waals surface area contributed by atoms with Gasteiger partial charge in [-0.05, 0) is 24.6 Å². The molecule has 1 nitrogen and oxygen atoms in total. The van der Waals surface area contributed by atoms with Crippen LogP contribution in [0.5, 0.6) is 0 Å². The van der Waals surface area contributed by atoms with Crippen LogP contribution in [0.4, 0.5) is 14.5 Å². The van der Waals surface area contributed by atoms with Crippen LogP contribution in [0.15, 0.2) is 12.1 Å². The van der Waals surface area contributed by atoms with Crippen molar-refractivity contribution in [1.29, 1.82) is 0 Å². The van der Waals surface area contributed by atoms with Gasteiger partial charge in [0.2, 0.25) is 0 Å². The van der Waals surface area contributed by atoms with Gasteiger partial charge in [-0.25, -0.2) is 8.78 Å². The number of hydrogen-bond donors (Lipinski definition) is 1. The fourth-order valence-corrected chi connectivity index (χ4v) is 0.711. The van der Waals surface area contributed by atoms with Crippen molar-refractivity contribution in [3.8, 4) is 0 Å². The van der Waals surface area contributed by atoms with E-state index in [9.17, 15) is 8.78 Å². The van der Waals surface area contributed by atoms with Gasteiger partial charge in [-0.3, -0.25) is 0 Å². The average molecular weight is 143 g/mol. The number of nitrogens with two attached hydrogens (primary N) is 1. The lowest BCUT2D eigenvalue weighted by Gasteiger charge is -1.98. The zero-order valence-corrected chi connectivity index (χ0v) is 5.49. The van der Waals surface area contributed by atoms with Crippen LogP contribution in [0.25, 0.3) is 0 Å². The summed E-state index contributed by atoms with van der Waals surface area (Å²) in [4.78, 5) is 0. The van der Waals surface area contributed by atoms with E-state index in [0.29, 0.717) is 5.56 Å². The van der Waals surface area contributed by atoms with Gasteiger partial charge in [0.05, 0.1) is 0 Å². The zero-order valence-electron chi connectivity index (χ0n) is 5.49. The molecule has 0 unspecified atom stereocenters. The third-order valence-corrected chi connectivity index (χ3v) is 1.22. The van der Waals surface area contributed by atoms with Gasteiger partial charge < -0.3 is 5.73 Å². The highest BCUT2D eigenvalue weighted by Crippen LogP contribution is 2.15. The molecular formula is C7H7F2N. The second-order valence-electron chi connectivity index (χ2n) is 2.14. The highest BCUT2D eigenvalue weighted by atomic mass is 19.1. The zero-order chi connectivity index (χ0) is 7.72. The van der Waals surface area contributed by atoms with Crippen LogP contribution in [-0.4, -0.2) is 0 Å². The van der Waals surface area contributed by atoms with Gasteiger partial charge in [-0.15, -0.1) is 0 Å². The van der Waals surface area contributed by atoms with Gasteiger partial charge in [0.1, 0.15) is 17.3 Å². The molecular weight excluding hydrogens is 136 g/mol. The minimum atomic E-state index is -0.697. The second-order valence-corrected chi connectivity index (χ2v) is 2.14. The first kappa shape index (κ1) is 6.99. The molecule has 3 heteroatoms. The molecule has 0 radical (unpaired) electrons. The summed E-state index contributed by atoms with van der Waals surface area (Å²) in [5, 5.41) is 0. The minimum absolute atomic E-state index is 0.411. The summed E-state index contributed by atoms with van der Waals surface area (Å²) >= 11 is 0. The van der Waals surface area contributed by atoms with E-state index >= 15 is 0 Å². The summed E-state index contributed by atoms with van der Waals surface area (Å²) in [7, 11) is 0. The lowest BCUT2D eigenvalue weighted by atomic mass is 10.2. The van der Waals surface area contributed by atoms with Crippen molar-refractivity contribution in [3.05, 3.63) is 29.3 Å². The Hall–Kier alpha value is -1.12. The topological polar surface area (TPSA) is 26.0 Å². The van der Waals surface area contributed by atoms with Crippen molar-refractivity contribution in [3.63, 3.8) is 0 Å². The maximum Gasteiger partial charge on any atom is 0.149 e. The number of anilines is 1. The first-order chi connectivity index (χ1) is 4.61. The molecule has 10 heavy (non-hydrogen) atoms. The number of benzene rings is 1. The molecule has 0 spiro atoms. The first-order valence-corrected chi connectivity index (χ1v) is 2.82. The summed E-state index contributed by atoms with van der Waals surface area (Å²) < 4.78 is 25.0. The molecule has 1 aromatic carbocycles. The Balaban J connectivity index is 3.31. The van der Waals surface area contributed by atoms with Crippen LogP contribution in [0, 0.1) is 18.6 Å². The van der Waals surface area contributed by atoms with E-state index in [1.165, 1.54) is 12.1 Å². The average Bonchev–Trinajstić information content (AvgIpc) is 1.82. The molecule has 0 bridgehead atoms. The van der Waals surface area contributed by atoms with E-state index in [4.69, 9.17) is 5.73 Å². The molecule has 0 heterocycles. The van der Waals surface area contributed by atoms with E-state index in [1.807, 2.05) is 0 Å². The fourth-order valence-electron chi connectivity index (χ4n) is 0.711. The van der Waals surface area contributed by atoms with Gasteiger partial charge in [0.25, 0.3) is 0 Å². The number of halogens is 2. The summed E-state index contributed by atoms with van der Waals surface area (Å²) in [6.07, 6.45) is 0. The molecule has 0 saturated carbocycles. The molecule has 54 valence electrons. The molecule has 0 saturated heterocycles. The Labute approximate surface area is 57.5 Å². The number of aryl methyl sites for hydroxylation is 1. The molecule has 1 rings (SSSR count). The molecule has 1 aromatic rings. The van der Waals surface area contributed by atoms with Gasteiger partial charge in [0.15, 0.2) is 0 Å². The smallest absolute Gasteiger partial charge is 0.149 e. The van der Waals surface area contributed by atoms with Crippen LogP contribution in [0.2, 0.25) is 0 Å². The van der Waals surface area contributed by atoms with E-state index in [1.54, 1.807) is 6.92 Å². The van der Waals surface area contributed by atoms with Gasteiger partial charge in [-0.2, -0.15) is 0 Å². The van der Waals surface area contributed by atoms with Crippen molar-refractivity contribution in [1.82, 2.24) is 0 Å². The highest BCUT2D eigenvalue weighted by molar-refractivity contribution is 5.42. The van der Waals surface area contributed by atoms with Crippen molar-refractivity contribution >= 4 is 5.69 Å². The Morgan fingerprint density at radius 1 is 1.20 bits per heavy atom. The van der Waals surface area contributed by atoms with Crippen molar-refractivity contribution in [2.75, 3.05) is 5.73 Å². The molecule has 0 aromatic heterocycles. The number of rotatable bonds is 0. The van der Waals surface area contributed by atoms with Crippen molar-refractivity contribution in [2.45, 2.75) is 6.92 Å². The largest absolute Gasteiger partial charge is 0.394 e. The van der Waals surface area contributed by atoms with Crippen LogP contribution >= 0.6 is 0 Å². The predicted octanol–water partition coefficient (Wildman–Crippen LogP) is 1.86. The van der Waals surface area contributed by atoms with Gasteiger partial charge in [-0.1, -0.05) is 0 Å². The maximum atomic E-state index is 12.5. The molecule has 0 aliphatic heterocycles. The number of hydrogen-bond acceptors (Lipinski definition) is 1. The molecule has 0 atom stereocenters. The quantitative estimate of drug-likeness (QED) is 0.551. The lowest BCUT2D eigenvalue weighted by Crippen LogP contribution is -1.95. The third-order valence-electron chi connectivity index (χ3n) is 1.22. The Bertz CT molecular complexity index is 235.